The number of rotatable bonds is 6. The third-order valence-electron chi connectivity index (χ3n) is 8.09. The average molecular weight is 574 g/mol. The molecule has 3 N–H and O–H groups in total. The van der Waals surface area contributed by atoms with Crippen LogP contribution in [0.3, 0.4) is 0 Å². The normalized spacial score (nSPS) is 17.0. The number of carbonyl (C=O) groups is 2. The predicted molar refractivity (Wildman–Crippen MR) is 167 cm³/mol. The molecular weight excluding hydrogens is 538 g/mol. The third kappa shape index (κ3) is 5.53. The monoisotopic (exact) mass is 573 g/mol. The van der Waals surface area contributed by atoms with Crippen LogP contribution in [0.4, 0.5) is 5.69 Å². The minimum Gasteiger partial charge on any atom is -0.390 e. The maximum absolute atomic E-state index is 14.5. The van der Waals surface area contributed by atoms with E-state index in [4.69, 9.17) is 0 Å². The molecule has 8 nitrogen and oxygen atoms in total. The van der Waals surface area contributed by atoms with Gasteiger partial charge in [0.2, 0.25) is 5.91 Å². The van der Waals surface area contributed by atoms with Crippen molar-refractivity contribution in [3.8, 4) is 0 Å². The van der Waals surface area contributed by atoms with E-state index in [1.165, 1.54) is 4.90 Å². The Labute approximate surface area is 250 Å². The quantitative estimate of drug-likeness (QED) is 0.240. The van der Waals surface area contributed by atoms with Crippen molar-refractivity contribution in [3.05, 3.63) is 125 Å². The fraction of sp³-hybridized carbons (Fsp3) is 0.257. The van der Waals surface area contributed by atoms with Crippen molar-refractivity contribution in [1.29, 1.82) is 0 Å². The highest BCUT2D eigenvalue weighted by Gasteiger charge is 2.38. The summed E-state index contributed by atoms with van der Waals surface area (Å²) in [5, 5.41) is 14.0. The first-order valence-corrected chi connectivity index (χ1v) is 14.5. The van der Waals surface area contributed by atoms with Gasteiger partial charge in [-0.2, -0.15) is 0 Å². The van der Waals surface area contributed by atoms with Crippen molar-refractivity contribution in [1.82, 2.24) is 20.3 Å². The maximum atomic E-state index is 14.5. The highest BCUT2D eigenvalue weighted by atomic mass is 16.3. The molecule has 2 amide bonds. The van der Waals surface area contributed by atoms with Crippen molar-refractivity contribution < 1.29 is 14.7 Å². The third-order valence-corrected chi connectivity index (χ3v) is 8.09. The zero-order chi connectivity index (χ0) is 30.3. The van der Waals surface area contributed by atoms with Crippen molar-refractivity contribution in [2.75, 3.05) is 4.90 Å². The molecule has 0 aliphatic heterocycles. The van der Waals surface area contributed by atoms with E-state index in [-0.39, 0.29) is 11.3 Å². The van der Waals surface area contributed by atoms with Gasteiger partial charge in [0, 0.05) is 35.6 Å². The van der Waals surface area contributed by atoms with Crippen LogP contribution in [0.15, 0.2) is 91.3 Å². The van der Waals surface area contributed by atoms with Gasteiger partial charge in [0.05, 0.1) is 23.2 Å². The maximum Gasteiger partial charge on any atom is 0.259 e. The lowest BCUT2D eigenvalue weighted by molar-refractivity contribution is -0.124. The van der Waals surface area contributed by atoms with Gasteiger partial charge in [0.1, 0.15) is 11.9 Å². The minimum atomic E-state index is -1.07. The molecule has 3 aromatic carbocycles. The van der Waals surface area contributed by atoms with E-state index in [1.807, 2.05) is 55.5 Å². The number of nitrogens with one attached hydrogen (secondary N) is 2. The van der Waals surface area contributed by atoms with E-state index >= 15 is 0 Å². The number of pyridine rings is 1. The topological polar surface area (TPSA) is 111 Å². The van der Waals surface area contributed by atoms with Gasteiger partial charge in [-0.25, -0.2) is 4.98 Å². The Morgan fingerprint density at radius 1 is 1.02 bits per heavy atom. The van der Waals surface area contributed by atoms with Gasteiger partial charge in [-0.1, -0.05) is 63.2 Å². The summed E-state index contributed by atoms with van der Waals surface area (Å²) in [6, 6.07) is 22.6. The molecular formula is C35H35N5O3. The van der Waals surface area contributed by atoms with Crippen LogP contribution in [0.2, 0.25) is 0 Å². The minimum absolute atomic E-state index is 0.0942. The SMILES string of the molecule is Cc1nc2ccc(C(=O)N(c3ccc(C(C)(C)C)cc3)C(C(=O)N[C@H]3c4ccccc4C[C@H]3O)c3cccnc3)cc2[nH]1. The van der Waals surface area contributed by atoms with Crippen LogP contribution >= 0.6 is 0 Å². The number of amides is 2. The van der Waals surface area contributed by atoms with Crippen LogP contribution in [0.1, 0.15) is 71.3 Å². The van der Waals surface area contributed by atoms with E-state index < -0.39 is 24.1 Å². The van der Waals surface area contributed by atoms with Gasteiger partial charge in [0.25, 0.3) is 5.91 Å². The van der Waals surface area contributed by atoms with Gasteiger partial charge in [-0.05, 0) is 65.4 Å². The molecule has 0 spiro atoms. The van der Waals surface area contributed by atoms with E-state index in [2.05, 4.69) is 41.0 Å². The number of imidazole rings is 1. The molecule has 2 heterocycles. The number of H-pyrrole nitrogens is 1. The number of aliphatic hydroxyl groups excluding tert-OH is 1. The summed E-state index contributed by atoms with van der Waals surface area (Å²) < 4.78 is 0. The number of aryl methyl sites for hydroxylation is 1. The summed E-state index contributed by atoms with van der Waals surface area (Å²) in [6.45, 7) is 8.25. The number of carbonyl (C=O) groups excluding carboxylic acids is 2. The Kier molecular flexibility index (Phi) is 7.31. The molecule has 3 atom stereocenters. The molecule has 0 saturated carbocycles. The molecule has 1 aliphatic carbocycles. The molecule has 0 bridgehead atoms. The number of aromatic nitrogens is 3. The standard InChI is InChI=1S/C35H35N5O3/c1-21-37-28-16-11-23(18-29(28)38-21)34(43)40(26-14-12-25(13-15-26)35(2,3)4)32(24-9-7-17-36-20-24)33(42)39-31-27-10-6-5-8-22(27)19-30(31)41/h5-18,20,30-32,41H,19H2,1-4H3,(H,37,38)(H,39,42)/t30-,31+,32?/m1/s1. The van der Waals surface area contributed by atoms with Gasteiger partial charge < -0.3 is 15.4 Å². The summed E-state index contributed by atoms with van der Waals surface area (Å²) in [5.41, 5.74) is 5.89. The molecule has 2 aromatic heterocycles. The zero-order valence-electron chi connectivity index (χ0n) is 24.7. The Bertz CT molecular complexity index is 1790. The second-order valence-corrected chi connectivity index (χ2v) is 12.2. The molecule has 218 valence electrons. The second kappa shape index (κ2) is 11.1. The Balaban J connectivity index is 1.46. The van der Waals surface area contributed by atoms with Crippen LogP contribution in [0.5, 0.6) is 0 Å². The first kappa shape index (κ1) is 28.3. The number of aromatic amines is 1. The number of hydrogen-bond acceptors (Lipinski definition) is 5. The van der Waals surface area contributed by atoms with Crippen LogP contribution < -0.4 is 10.2 Å². The second-order valence-electron chi connectivity index (χ2n) is 12.2. The first-order valence-electron chi connectivity index (χ1n) is 14.5. The fourth-order valence-corrected chi connectivity index (χ4v) is 5.85. The molecule has 0 saturated heterocycles. The summed E-state index contributed by atoms with van der Waals surface area (Å²) in [7, 11) is 0. The number of aliphatic hydroxyl groups is 1. The summed E-state index contributed by atoms with van der Waals surface area (Å²) >= 11 is 0. The van der Waals surface area contributed by atoms with Gasteiger partial charge in [0.15, 0.2) is 0 Å². The molecule has 1 aliphatic rings. The Hall–Kier alpha value is -4.82. The van der Waals surface area contributed by atoms with Gasteiger partial charge in [-0.15, -0.1) is 0 Å². The summed E-state index contributed by atoms with van der Waals surface area (Å²) in [4.78, 5) is 42.4. The Morgan fingerprint density at radius 3 is 2.51 bits per heavy atom. The van der Waals surface area contributed by atoms with Gasteiger partial charge >= 0.3 is 0 Å². The lowest BCUT2D eigenvalue weighted by Gasteiger charge is -2.33. The molecule has 1 unspecified atom stereocenters. The van der Waals surface area contributed by atoms with Crippen molar-refractivity contribution >= 4 is 28.5 Å². The molecule has 0 fully saturated rings. The highest BCUT2D eigenvalue weighted by molar-refractivity contribution is 6.11. The van der Waals surface area contributed by atoms with E-state index in [9.17, 15) is 14.7 Å². The van der Waals surface area contributed by atoms with Crippen molar-refractivity contribution in [3.63, 3.8) is 0 Å². The summed E-state index contributed by atoms with van der Waals surface area (Å²) in [5.74, 6) is -0.0215. The molecule has 8 heteroatoms. The number of anilines is 1. The van der Waals surface area contributed by atoms with Gasteiger partial charge in [-0.3, -0.25) is 19.5 Å². The van der Waals surface area contributed by atoms with E-state index in [0.717, 1.165) is 33.5 Å². The molecule has 43 heavy (non-hydrogen) atoms. The van der Waals surface area contributed by atoms with Crippen LogP contribution in [-0.2, 0) is 16.6 Å². The lowest BCUT2D eigenvalue weighted by atomic mass is 9.87. The molecule has 5 aromatic rings. The number of nitrogens with zero attached hydrogens (tertiary/aromatic N) is 3. The molecule has 6 rings (SSSR count). The number of fused-ring (bicyclic) bond motifs is 2. The van der Waals surface area contributed by atoms with E-state index in [0.29, 0.717) is 23.2 Å². The number of hydrogen-bond donors (Lipinski definition) is 3. The van der Waals surface area contributed by atoms with Crippen molar-refractivity contribution in [2.45, 2.75) is 57.7 Å². The largest absolute Gasteiger partial charge is 0.390 e. The number of benzene rings is 3. The zero-order valence-corrected chi connectivity index (χ0v) is 24.7. The van der Waals surface area contributed by atoms with Crippen molar-refractivity contribution in [2.24, 2.45) is 0 Å². The summed E-state index contributed by atoms with van der Waals surface area (Å²) in [6.07, 6.45) is 2.90. The smallest absolute Gasteiger partial charge is 0.259 e. The average Bonchev–Trinajstić information content (AvgIpc) is 3.52. The Morgan fingerprint density at radius 2 is 1.79 bits per heavy atom. The highest BCUT2D eigenvalue weighted by Crippen LogP contribution is 2.35. The molecule has 0 radical (unpaired) electrons. The van der Waals surface area contributed by atoms with Crippen LogP contribution in [0.25, 0.3) is 11.0 Å². The van der Waals surface area contributed by atoms with E-state index in [1.54, 1.807) is 42.7 Å². The van der Waals surface area contributed by atoms with Crippen LogP contribution in [-0.4, -0.2) is 38.0 Å². The first-order chi connectivity index (χ1) is 20.6. The predicted octanol–water partition coefficient (Wildman–Crippen LogP) is 5.73. The lowest BCUT2D eigenvalue weighted by Crippen LogP contribution is -2.46. The fourth-order valence-electron chi connectivity index (χ4n) is 5.85. The van der Waals surface area contributed by atoms with Crippen LogP contribution in [0, 0.1) is 6.92 Å².